The first-order valence-electron chi connectivity index (χ1n) is 10.9. The lowest BCUT2D eigenvalue weighted by Gasteiger charge is -2.41. The molecule has 34 heavy (non-hydrogen) atoms. The summed E-state index contributed by atoms with van der Waals surface area (Å²) in [7, 11) is -3.70. The number of aryl methyl sites for hydroxylation is 1. The predicted octanol–water partition coefficient (Wildman–Crippen LogP) is 3.83. The lowest BCUT2D eigenvalue weighted by molar-refractivity contribution is -0.137. The number of halogens is 3. The van der Waals surface area contributed by atoms with Crippen LogP contribution in [0.3, 0.4) is 0 Å². The number of piperidine rings is 1. The van der Waals surface area contributed by atoms with Crippen LogP contribution in [0.25, 0.3) is 0 Å². The van der Waals surface area contributed by atoms with Gasteiger partial charge in [-0.05, 0) is 63.8 Å². The van der Waals surface area contributed by atoms with Crippen molar-refractivity contribution in [1.29, 1.82) is 0 Å². The predicted molar refractivity (Wildman–Crippen MR) is 124 cm³/mol. The van der Waals surface area contributed by atoms with E-state index in [1.165, 1.54) is 23.1 Å². The summed E-state index contributed by atoms with van der Waals surface area (Å²) in [6.07, 6.45) is -3.48. The molecule has 1 aromatic heterocycles. The zero-order valence-electron chi connectivity index (χ0n) is 19.7. The highest BCUT2D eigenvalue weighted by molar-refractivity contribution is 7.89. The van der Waals surface area contributed by atoms with Crippen LogP contribution in [0.4, 0.5) is 30.6 Å². The minimum absolute atomic E-state index is 0.00527. The zero-order chi connectivity index (χ0) is 25.5. The summed E-state index contributed by atoms with van der Waals surface area (Å²) in [6.45, 7) is 8.86. The molecule has 0 unspecified atom stereocenters. The van der Waals surface area contributed by atoms with Crippen molar-refractivity contribution in [2.75, 3.05) is 23.3 Å². The van der Waals surface area contributed by atoms with Crippen LogP contribution in [0.2, 0.25) is 0 Å². The first-order chi connectivity index (χ1) is 15.6. The Bertz CT molecular complexity index is 1150. The number of sulfonamides is 1. The molecule has 0 amide bonds. The van der Waals surface area contributed by atoms with Gasteiger partial charge in [-0.3, -0.25) is 0 Å². The average Bonchev–Trinajstić information content (AvgIpc) is 2.66. The van der Waals surface area contributed by atoms with Gasteiger partial charge in [-0.25, -0.2) is 18.1 Å². The van der Waals surface area contributed by atoms with Crippen molar-refractivity contribution < 1.29 is 26.7 Å². The summed E-state index contributed by atoms with van der Waals surface area (Å²) in [5.41, 5.74) is -1.14. The molecule has 8 nitrogen and oxygen atoms in total. The number of aliphatic hydroxyl groups is 1. The molecule has 0 bridgehead atoms. The van der Waals surface area contributed by atoms with Gasteiger partial charge in [0.2, 0.25) is 16.0 Å². The number of rotatable bonds is 6. The second-order valence-corrected chi connectivity index (χ2v) is 11.2. The second-order valence-electron chi connectivity index (χ2n) is 9.49. The normalized spacial score (nSPS) is 21.7. The molecule has 2 atom stereocenters. The third-order valence-electron chi connectivity index (χ3n) is 5.37. The smallest absolute Gasteiger partial charge is 0.388 e. The molecule has 188 valence electrons. The molecule has 0 saturated carbocycles. The molecule has 3 rings (SSSR count). The zero-order valence-corrected chi connectivity index (χ0v) is 20.5. The van der Waals surface area contributed by atoms with Crippen LogP contribution in [-0.2, 0) is 16.2 Å². The summed E-state index contributed by atoms with van der Waals surface area (Å²) in [6, 6.07) is 4.09. The van der Waals surface area contributed by atoms with Crippen LogP contribution in [0, 0.1) is 12.8 Å². The van der Waals surface area contributed by atoms with E-state index in [1.54, 1.807) is 27.7 Å². The maximum Gasteiger partial charge on any atom is 0.421 e. The maximum absolute atomic E-state index is 13.7. The highest BCUT2D eigenvalue weighted by Crippen LogP contribution is 2.38. The highest BCUT2D eigenvalue weighted by Gasteiger charge is 2.40. The van der Waals surface area contributed by atoms with E-state index in [-0.39, 0.29) is 35.2 Å². The molecule has 0 radical (unpaired) electrons. The molecule has 12 heteroatoms. The van der Waals surface area contributed by atoms with Gasteiger partial charge in [0.15, 0.2) is 0 Å². The van der Waals surface area contributed by atoms with Crippen molar-refractivity contribution in [3.05, 3.63) is 35.5 Å². The third-order valence-corrected chi connectivity index (χ3v) is 7.03. The standard InChI is InChI=1S/C22H30F3N5O3S/c1-13(2)29-34(32,33)16-6-7-18(15(4)8-16)27-20-26-10-17(22(23,24)25)19(28-20)30-11-14(3)9-21(5,31)12-30/h6-8,10,13-14,29,31H,9,11-12H2,1-5H3,(H,26,27,28)/t14-,21+/m0/s1. The first-order valence-corrected chi connectivity index (χ1v) is 12.4. The number of nitrogens with one attached hydrogen (secondary N) is 2. The van der Waals surface area contributed by atoms with E-state index in [1.807, 2.05) is 6.92 Å². The third kappa shape index (κ3) is 6.16. The molecule has 3 N–H and O–H groups in total. The van der Waals surface area contributed by atoms with Crippen LogP contribution in [0.5, 0.6) is 0 Å². The topological polar surface area (TPSA) is 107 Å². The molecule has 0 spiro atoms. The number of nitrogens with zero attached hydrogens (tertiary/aromatic N) is 3. The van der Waals surface area contributed by atoms with Crippen molar-refractivity contribution in [3.8, 4) is 0 Å². The summed E-state index contributed by atoms with van der Waals surface area (Å²) in [5.74, 6) is -0.415. The van der Waals surface area contributed by atoms with Gasteiger partial charge < -0.3 is 15.3 Å². The summed E-state index contributed by atoms with van der Waals surface area (Å²) in [4.78, 5) is 9.50. The van der Waals surface area contributed by atoms with E-state index in [9.17, 15) is 26.7 Å². The van der Waals surface area contributed by atoms with Gasteiger partial charge in [0.05, 0.1) is 10.5 Å². The Kier molecular flexibility index (Phi) is 7.16. The van der Waals surface area contributed by atoms with Crippen molar-refractivity contribution in [2.45, 2.75) is 63.8 Å². The Labute approximate surface area is 197 Å². The van der Waals surface area contributed by atoms with Gasteiger partial charge in [0.1, 0.15) is 11.4 Å². The average molecular weight is 502 g/mol. The Balaban J connectivity index is 1.95. The quantitative estimate of drug-likeness (QED) is 0.552. The number of aromatic nitrogens is 2. The van der Waals surface area contributed by atoms with Gasteiger partial charge in [0, 0.05) is 31.0 Å². The van der Waals surface area contributed by atoms with E-state index in [2.05, 4.69) is 20.0 Å². The number of alkyl halides is 3. The van der Waals surface area contributed by atoms with Crippen LogP contribution < -0.4 is 14.9 Å². The number of hydrogen-bond acceptors (Lipinski definition) is 7. The van der Waals surface area contributed by atoms with Gasteiger partial charge in [0.25, 0.3) is 0 Å². The Morgan fingerprint density at radius 2 is 1.97 bits per heavy atom. The maximum atomic E-state index is 13.7. The van der Waals surface area contributed by atoms with E-state index in [0.717, 1.165) is 6.20 Å². The Hall–Kier alpha value is -2.44. The van der Waals surface area contributed by atoms with E-state index < -0.39 is 27.4 Å². The van der Waals surface area contributed by atoms with Crippen LogP contribution in [-0.4, -0.2) is 48.2 Å². The van der Waals surface area contributed by atoms with Crippen LogP contribution in [0.1, 0.15) is 45.2 Å². The van der Waals surface area contributed by atoms with Crippen molar-refractivity contribution >= 4 is 27.5 Å². The minimum atomic E-state index is -4.67. The fraction of sp³-hybridized carbons (Fsp3) is 0.545. The lowest BCUT2D eigenvalue weighted by atomic mass is 9.88. The molecule has 1 fully saturated rings. The number of anilines is 3. The molecule has 1 aliphatic rings. The number of hydrogen-bond donors (Lipinski definition) is 3. The first kappa shape index (κ1) is 26.2. The monoisotopic (exact) mass is 501 g/mol. The molecule has 1 aromatic carbocycles. The van der Waals surface area contributed by atoms with E-state index in [4.69, 9.17) is 0 Å². The van der Waals surface area contributed by atoms with Crippen molar-refractivity contribution in [3.63, 3.8) is 0 Å². The molecule has 0 aliphatic carbocycles. The fourth-order valence-corrected chi connectivity index (χ4v) is 5.55. The SMILES string of the molecule is Cc1cc(S(=O)(=O)NC(C)C)ccc1Nc1ncc(C(F)(F)F)c(N2C[C@@H](C)C[C@@](C)(O)C2)n1. The van der Waals surface area contributed by atoms with Gasteiger partial charge in [-0.1, -0.05) is 6.92 Å². The fourth-order valence-electron chi connectivity index (χ4n) is 4.21. The Morgan fingerprint density at radius 3 is 2.53 bits per heavy atom. The molecule has 2 heterocycles. The largest absolute Gasteiger partial charge is 0.421 e. The second kappa shape index (κ2) is 9.31. The summed E-state index contributed by atoms with van der Waals surface area (Å²) in [5, 5.41) is 13.4. The van der Waals surface area contributed by atoms with Crippen molar-refractivity contribution in [1.82, 2.24) is 14.7 Å². The molecule has 1 aliphatic heterocycles. The number of β-amino-alcohol motifs (C(OH)–C–C–N with tert-alkyl or cyclic N) is 1. The van der Waals surface area contributed by atoms with E-state index >= 15 is 0 Å². The van der Waals surface area contributed by atoms with Crippen LogP contribution in [0.15, 0.2) is 29.3 Å². The van der Waals surface area contributed by atoms with Gasteiger partial charge >= 0.3 is 6.18 Å². The summed E-state index contributed by atoms with van der Waals surface area (Å²) < 4.78 is 68.4. The summed E-state index contributed by atoms with van der Waals surface area (Å²) >= 11 is 0. The molecular formula is C22H30F3N5O3S. The van der Waals surface area contributed by atoms with Gasteiger partial charge in [-0.15, -0.1) is 0 Å². The van der Waals surface area contributed by atoms with Crippen LogP contribution >= 0.6 is 0 Å². The van der Waals surface area contributed by atoms with Crippen molar-refractivity contribution in [2.24, 2.45) is 5.92 Å². The van der Waals surface area contributed by atoms with E-state index in [0.29, 0.717) is 24.2 Å². The lowest BCUT2D eigenvalue weighted by Crippen LogP contribution is -2.50. The minimum Gasteiger partial charge on any atom is -0.388 e. The molecule has 2 aromatic rings. The highest BCUT2D eigenvalue weighted by atomic mass is 32.2. The number of benzene rings is 1. The molecule has 1 saturated heterocycles. The Morgan fingerprint density at radius 1 is 1.29 bits per heavy atom. The molecular weight excluding hydrogens is 471 g/mol. The van der Waals surface area contributed by atoms with Gasteiger partial charge in [-0.2, -0.15) is 18.2 Å².